The first-order valence-corrected chi connectivity index (χ1v) is 6.37. The Labute approximate surface area is 114 Å². The lowest BCUT2D eigenvalue weighted by atomic mass is 10.1. The number of Topliss-reactive ketones (excluding diaryl/α,β-unsaturated/α-hetero) is 1. The first-order valence-electron chi connectivity index (χ1n) is 6.37. The predicted molar refractivity (Wildman–Crippen MR) is 76.7 cm³/mol. The number of carbonyl (C=O) groups is 1. The summed E-state index contributed by atoms with van der Waals surface area (Å²) in [6.45, 7) is 6.15. The lowest BCUT2D eigenvalue weighted by molar-refractivity contribution is 0.101. The van der Waals surface area contributed by atoms with Gasteiger partial charge in [0.25, 0.3) is 0 Å². The van der Waals surface area contributed by atoms with Crippen molar-refractivity contribution in [1.29, 1.82) is 0 Å². The van der Waals surface area contributed by atoms with Gasteiger partial charge in [0.15, 0.2) is 5.78 Å². The molecule has 0 unspecified atom stereocenters. The van der Waals surface area contributed by atoms with Crippen LogP contribution in [0.15, 0.2) is 42.5 Å². The summed E-state index contributed by atoms with van der Waals surface area (Å²) < 4.78 is 5.83. The van der Waals surface area contributed by atoms with Gasteiger partial charge in [-0.15, -0.1) is 0 Å². The van der Waals surface area contributed by atoms with Crippen molar-refractivity contribution in [2.75, 3.05) is 0 Å². The third kappa shape index (κ3) is 3.22. The quantitative estimate of drug-likeness (QED) is 0.768. The van der Waals surface area contributed by atoms with E-state index < -0.39 is 0 Å². The molecule has 0 spiro atoms. The van der Waals surface area contributed by atoms with Crippen LogP contribution in [0.3, 0.4) is 0 Å². The fourth-order valence-electron chi connectivity index (χ4n) is 1.96. The van der Waals surface area contributed by atoms with E-state index in [2.05, 4.69) is 19.1 Å². The van der Waals surface area contributed by atoms with Crippen molar-refractivity contribution in [2.45, 2.75) is 27.4 Å². The Morgan fingerprint density at radius 1 is 1.05 bits per heavy atom. The Morgan fingerprint density at radius 3 is 2.42 bits per heavy atom. The third-order valence-corrected chi connectivity index (χ3v) is 3.23. The molecular formula is C17H18O2. The Morgan fingerprint density at radius 2 is 1.79 bits per heavy atom. The largest absolute Gasteiger partial charge is 0.489 e. The number of benzene rings is 2. The minimum absolute atomic E-state index is 0.0774. The molecule has 0 heterocycles. The van der Waals surface area contributed by atoms with E-state index in [1.54, 1.807) is 6.92 Å². The van der Waals surface area contributed by atoms with Crippen molar-refractivity contribution in [3.63, 3.8) is 0 Å². The van der Waals surface area contributed by atoms with Crippen LogP contribution in [-0.4, -0.2) is 5.78 Å². The van der Waals surface area contributed by atoms with Gasteiger partial charge >= 0.3 is 0 Å². The van der Waals surface area contributed by atoms with E-state index in [9.17, 15) is 4.79 Å². The van der Waals surface area contributed by atoms with Gasteiger partial charge in [-0.3, -0.25) is 4.79 Å². The highest BCUT2D eigenvalue weighted by Crippen LogP contribution is 2.21. The second-order valence-electron chi connectivity index (χ2n) is 4.75. The average Bonchev–Trinajstić information content (AvgIpc) is 2.39. The van der Waals surface area contributed by atoms with Crippen molar-refractivity contribution in [3.05, 3.63) is 64.7 Å². The summed E-state index contributed by atoms with van der Waals surface area (Å²) in [7, 11) is 0. The van der Waals surface area contributed by atoms with E-state index in [0.717, 1.165) is 16.9 Å². The maximum absolute atomic E-state index is 11.3. The lowest BCUT2D eigenvalue weighted by Crippen LogP contribution is -2.00. The summed E-state index contributed by atoms with van der Waals surface area (Å²) in [4.78, 5) is 11.3. The normalized spacial score (nSPS) is 10.3. The summed E-state index contributed by atoms with van der Waals surface area (Å²) in [5, 5.41) is 0. The minimum Gasteiger partial charge on any atom is -0.489 e. The highest BCUT2D eigenvalue weighted by atomic mass is 16.5. The molecule has 0 aliphatic heterocycles. The van der Waals surface area contributed by atoms with Crippen LogP contribution in [0.25, 0.3) is 0 Å². The Balaban J connectivity index is 2.12. The van der Waals surface area contributed by atoms with Gasteiger partial charge in [0.1, 0.15) is 12.4 Å². The van der Waals surface area contributed by atoms with E-state index in [0.29, 0.717) is 6.61 Å². The maximum atomic E-state index is 11.3. The molecule has 98 valence electrons. The number of ether oxygens (including phenoxy) is 1. The van der Waals surface area contributed by atoms with Crippen LogP contribution in [0.5, 0.6) is 5.75 Å². The molecule has 0 saturated carbocycles. The second-order valence-corrected chi connectivity index (χ2v) is 4.75. The summed E-state index contributed by atoms with van der Waals surface area (Å²) in [6.07, 6.45) is 0. The summed E-state index contributed by atoms with van der Waals surface area (Å²) in [6, 6.07) is 13.7. The minimum atomic E-state index is 0.0774. The van der Waals surface area contributed by atoms with Crippen molar-refractivity contribution < 1.29 is 9.53 Å². The van der Waals surface area contributed by atoms with E-state index >= 15 is 0 Å². The van der Waals surface area contributed by atoms with Gasteiger partial charge < -0.3 is 4.74 Å². The zero-order valence-corrected chi connectivity index (χ0v) is 11.6. The summed E-state index contributed by atoms with van der Waals surface area (Å²) >= 11 is 0. The van der Waals surface area contributed by atoms with Crippen LogP contribution in [0, 0.1) is 13.8 Å². The maximum Gasteiger partial charge on any atom is 0.159 e. The van der Waals surface area contributed by atoms with E-state index in [-0.39, 0.29) is 5.78 Å². The van der Waals surface area contributed by atoms with Crippen molar-refractivity contribution >= 4 is 5.78 Å². The smallest absolute Gasteiger partial charge is 0.159 e. The fourth-order valence-corrected chi connectivity index (χ4v) is 1.96. The molecule has 0 amide bonds. The second kappa shape index (κ2) is 5.70. The van der Waals surface area contributed by atoms with Gasteiger partial charge in [0.05, 0.1) is 0 Å². The van der Waals surface area contributed by atoms with Gasteiger partial charge in [0, 0.05) is 5.56 Å². The Hall–Kier alpha value is -2.09. The number of aryl methyl sites for hydroxylation is 2. The summed E-state index contributed by atoms with van der Waals surface area (Å²) in [5.41, 5.74) is 4.11. The molecule has 0 aliphatic rings. The standard InChI is InChI=1S/C17H18O2/c1-12-6-4-5-7-16(12)11-19-17-9-8-15(14(3)18)10-13(17)2/h4-10H,11H2,1-3H3. The van der Waals surface area contributed by atoms with Crippen LogP contribution in [0.2, 0.25) is 0 Å². The van der Waals surface area contributed by atoms with Gasteiger partial charge in [-0.05, 0) is 55.7 Å². The molecule has 0 atom stereocenters. The molecule has 2 heteroatoms. The zero-order chi connectivity index (χ0) is 13.8. The SMILES string of the molecule is CC(=O)c1ccc(OCc2ccccc2C)c(C)c1. The number of carbonyl (C=O) groups excluding carboxylic acids is 1. The zero-order valence-electron chi connectivity index (χ0n) is 11.6. The van der Waals surface area contributed by atoms with Crippen LogP contribution in [0.4, 0.5) is 0 Å². The van der Waals surface area contributed by atoms with Crippen LogP contribution < -0.4 is 4.74 Å². The number of hydrogen-bond acceptors (Lipinski definition) is 2. The predicted octanol–water partition coefficient (Wildman–Crippen LogP) is 4.09. The molecule has 0 saturated heterocycles. The van der Waals surface area contributed by atoms with E-state index in [1.165, 1.54) is 11.1 Å². The molecule has 0 N–H and O–H groups in total. The molecule has 0 fully saturated rings. The number of rotatable bonds is 4. The molecular weight excluding hydrogens is 236 g/mol. The van der Waals surface area contributed by atoms with E-state index in [4.69, 9.17) is 4.74 Å². The molecule has 2 nitrogen and oxygen atoms in total. The fraction of sp³-hybridized carbons (Fsp3) is 0.235. The third-order valence-electron chi connectivity index (χ3n) is 3.23. The monoisotopic (exact) mass is 254 g/mol. The van der Waals surface area contributed by atoms with Crippen molar-refractivity contribution in [1.82, 2.24) is 0 Å². The average molecular weight is 254 g/mol. The molecule has 2 rings (SSSR count). The van der Waals surface area contributed by atoms with Crippen LogP contribution in [-0.2, 0) is 6.61 Å². The van der Waals surface area contributed by atoms with Crippen LogP contribution >= 0.6 is 0 Å². The van der Waals surface area contributed by atoms with Crippen molar-refractivity contribution in [2.24, 2.45) is 0 Å². The lowest BCUT2D eigenvalue weighted by Gasteiger charge is -2.11. The molecule has 19 heavy (non-hydrogen) atoms. The van der Waals surface area contributed by atoms with Gasteiger partial charge in [-0.1, -0.05) is 24.3 Å². The first-order chi connectivity index (χ1) is 9.08. The number of hydrogen-bond donors (Lipinski definition) is 0. The van der Waals surface area contributed by atoms with Gasteiger partial charge in [-0.2, -0.15) is 0 Å². The Kier molecular flexibility index (Phi) is 4.00. The summed E-state index contributed by atoms with van der Waals surface area (Å²) in [5.74, 6) is 0.904. The topological polar surface area (TPSA) is 26.3 Å². The highest BCUT2D eigenvalue weighted by molar-refractivity contribution is 5.94. The molecule has 0 aromatic heterocycles. The molecule has 0 radical (unpaired) electrons. The van der Waals surface area contributed by atoms with Crippen molar-refractivity contribution in [3.8, 4) is 5.75 Å². The van der Waals surface area contributed by atoms with E-state index in [1.807, 2.05) is 37.3 Å². The number of ketones is 1. The van der Waals surface area contributed by atoms with Gasteiger partial charge in [0.2, 0.25) is 0 Å². The first kappa shape index (κ1) is 13.3. The Bertz CT molecular complexity index is 600. The van der Waals surface area contributed by atoms with Crippen LogP contribution in [0.1, 0.15) is 34.0 Å². The molecule has 0 aliphatic carbocycles. The molecule has 0 bridgehead atoms. The highest BCUT2D eigenvalue weighted by Gasteiger charge is 2.05. The van der Waals surface area contributed by atoms with Gasteiger partial charge in [-0.25, -0.2) is 0 Å². The molecule has 2 aromatic rings. The molecule has 2 aromatic carbocycles.